The van der Waals surface area contributed by atoms with Crippen LogP contribution < -0.4 is 10.6 Å². The zero-order valence-electron chi connectivity index (χ0n) is 15.3. The number of aromatic nitrogens is 5. The molecule has 0 amide bonds. The smallest absolute Gasteiger partial charge is 0.233 e. The maximum Gasteiger partial charge on any atom is 0.233 e. The topological polar surface area (TPSA) is 91.4 Å². The Hall–Kier alpha value is -2.67. The van der Waals surface area contributed by atoms with Crippen LogP contribution in [0.3, 0.4) is 0 Å². The van der Waals surface area contributed by atoms with Crippen molar-refractivity contribution >= 4 is 29.3 Å². The van der Waals surface area contributed by atoms with Gasteiger partial charge in [0.2, 0.25) is 11.9 Å². The summed E-state index contributed by atoms with van der Waals surface area (Å²) in [5, 5.41) is 14.6. The number of anilines is 3. The lowest BCUT2D eigenvalue weighted by atomic mass is 10.1. The highest BCUT2D eigenvalue weighted by molar-refractivity contribution is 6.31. The van der Waals surface area contributed by atoms with Crippen LogP contribution >= 0.6 is 11.6 Å². The van der Waals surface area contributed by atoms with E-state index in [1.165, 1.54) is 12.8 Å². The first-order valence-electron chi connectivity index (χ1n) is 9.20. The molecular formula is C19H22ClN7. The van der Waals surface area contributed by atoms with Gasteiger partial charge in [-0.05, 0) is 31.4 Å². The minimum Gasteiger partial charge on any atom is -0.347 e. The number of nitrogens with one attached hydrogen (secondary N) is 3. The highest BCUT2D eigenvalue weighted by Crippen LogP contribution is 2.39. The molecule has 0 aliphatic heterocycles. The van der Waals surface area contributed by atoms with Gasteiger partial charge < -0.3 is 10.6 Å². The third kappa shape index (κ3) is 4.19. The molecular weight excluding hydrogens is 362 g/mol. The summed E-state index contributed by atoms with van der Waals surface area (Å²) in [5.41, 5.74) is 2.15. The molecule has 1 aliphatic carbocycles. The molecule has 8 heteroatoms. The first-order chi connectivity index (χ1) is 13.1. The van der Waals surface area contributed by atoms with Gasteiger partial charge in [-0.15, -0.1) is 0 Å². The van der Waals surface area contributed by atoms with Gasteiger partial charge >= 0.3 is 0 Å². The van der Waals surface area contributed by atoms with Crippen molar-refractivity contribution in [2.75, 3.05) is 10.6 Å². The number of hydrogen-bond acceptors (Lipinski definition) is 6. The predicted octanol–water partition coefficient (Wildman–Crippen LogP) is 4.60. The van der Waals surface area contributed by atoms with Crippen LogP contribution in [0.25, 0.3) is 0 Å². The largest absolute Gasteiger partial charge is 0.347 e. The van der Waals surface area contributed by atoms with Crippen LogP contribution in [0.2, 0.25) is 5.02 Å². The van der Waals surface area contributed by atoms with Crippen LogP contribution in [0, 0.1) is 0 Å². The van der Waals surface area contributed by atoms with Crippen LogP contribution in [0.5, 0.6) is 0 Å². The average molecular weight is 384 g/mol. The molecule has 1 aliphatic rings. The summed E-state index contributed by atoms with van der Waals surface area (Å²) in [7, 11) is 0. The Morgan fingerprint density at radius 2 is 1.96 bits per heavy atom. The van der Waals surface area contributed by atoms with Gasteiger partial charge in [-0.2, -0.15) is 20.1 Å². The summed E-state index contributed by atoms with van der Waals surface area (Å²) in [4.78, 5) is 13.4. The zero-order valence-corrected chi connectivity index (χ0v) is 16.1. The Balaban J connectivity index is 1.53. The highest BCUT2D eigenvalue weighted by atomic mass is 35.5. The molecule has 2 heterocycles. The van der Waals surface area contributed by atoms with Gasteiger partial charge in [-0.1, -0.05) is 36.7 Å². The molecule has 4 rings (SSSR count). The Bertz CT molecular complexity index is 935. The summed E-state index contributed by atoms with van der Waals surface area (Å²) in [6.07, 6.45) is 3.16. The summed E-state index contributed by atoms with van der Waals surface area (Å²) >= 11 is 6.30. The molecule has 0 radical (unpaired) electrons. The number of aromatic amines is 1. The molecule has 3 N–H and O–H groups in total. The second kappa shape index (κ2) is 7.52. The fourth-order valence-electron chi connectivity index (χ4n) is 2.91. The Labute approximate surface area is 163 Å². The van der Waals surface area contributed by atoms with Gasteiger partial charge in [0, 0.05) is 29.1 Å². The molecule has 1 fully saturated rings. The highest BCUT2D eigenvalue weighted by Gasteiger charge is 2.25. The van der Waals surface area contributed by atoms with Gasteiger partial charge in [0.25, 0.3) is 0 Å². The number of H-pyrrole nitrogens is 1. The first kappa shape index (κ1) is 17.7. The summed E-state index contributed by atoms with van der Waals surface area (Å²) in [6, 6.07) is 9.73. The van der Waals surface area contributed by atoms with Crippen molar-refractivity contribution in [3.63, 3.8) is 0 Å². The fraction of sp³-hybridized carbons (Fsp3) is 0.368. The molecule has 0 bridgehead atoms. The van der Waals surface area contributed by atoms with Crippen molar-refractivity contribution in [2.24, 2.45) is 0 Å². The molecule has 2 aromatic heterocycles. The Kier molecular flexibility index (Phi) is 4.94. The summed E-state index contributed by atoms with van der Waals surface area (Å²) < 4.78 is 0. The van der Waals surface area contributed by atoms with E-state index in [2.05, 4.69) is 35.8 Å². The number of rotatable bonds is 7. The van der Waals surface area contributed by atoms with E-state index < -0.39 is 0 Å². The van der Waals surface area contributed by atoms with Crippen molar-refractivity contribution in [3.8, 4) is 0 Å². The molecule has 140 valence electrons. The van der Waals surface area contributed by atoms with Crippen LogP contribution in [-0.4, -0.2) is 25.1 Å². The summed E-state index contributed by atoms with van der Waals surface area (Å²) in [6.45, 7) is 4.04. The van der Waals surface area contributed by atoms with E-state index in [0.29, 0.717) is 35.1 Å². The van der Waals surface area contributed by atoms with E-state index in [9.17, 15) is 0 Å². The Morgan fingerprint density at radius 3 is 2.70 bits per heavy atom. The molecule has 7 nitrogen and oxygen atoms in total. The van der Waals surface area contributed by atoms with Crippen LogP contribution in [0.1, 0.15) is 55.7 Å². The van der Waals surface area contributed by atoms with E-state index in [0.717, 1.165) is 17.1 Å². The minimum atomic E-state index is -0.0366. The van der Waals surface area contributed by atoms with Gasteiger partial charge in [-0.25, -0.2) is 0 Å². The Morgan fingerprint density at radius 1 is 1.19 bits per heavy atom. The van der Waals surface area contributed by atoms with Crippen molar-refractivity contribution < 1.29 is 0 Å². The van der Waals surface area contributed by atoms with Crippen molar-refractivity contribution in [1.82, 2.24) is 25.1 Å². The fourth-order valence-corrected chi connectivity index (χ4v) is 3.21. The number of aryl methyl sites for hydroxylation is 1. The average Bonchev–Trinajstić information content (AvgIpc) is 3.41. The monoisotopic (exact) mass is 383 g/mol. The van der Waals surface area contributed by atoms with Crippen molar-refractivity contribution in [3.05, 3.63) is 52.4 Å². The van der Waals surface area contributed by atoms with Gasteiger partial charge in [0.05, 0.1) is 6.04 Å². The number of nitrogens with zero attached hydrogens (tertiary/aromatic N) is 4. The molecule has 3 aromatic rings. The summed E-state index contributed by atoms with van der Waals surface area (Å²) in [5.74, 6) is 3.03. The molecule has 1 aromatic carbocycles. The SMILES string of the molecule is CCc1nc(Nc2cc(C3CC3)[nH]n2)nc(NC(C)c2ccccc2Cl)n1. The normalized spacial score (nSPS) is 14.8. The van der Waals surface area contributed by atoms with E-state index in [4.69, 9.17) is 11.6 Å². The van der Waals surface area contributed by atoms with Crippen LogP contribution in [-0.2, 0) is 6.42 Å². The number of hydrogen-bond donors (Lipinski definition) is 3. The first-order valence-corrected chi connectivity index (χ1v) is 9.58. The third-order valence-corrected chi connectivity index (χ3v) is 4.91. The van der Waals surface area contributed by atoms with Crippen molar-refractivity contribution in [2.45, 2.75) is 45.1 Å². The van der Waals surface area contributed by atoms with E-state index >= 15 is 0 Å². The second-order valence-corrected chi connectivity index (χ2v) is 7.15. The van der Waals surface area contributed by atoms with Gasteiger partial charge in [0.1, 0.15) is 5.82 Å². The predicted molar refractivity (Wildman–Crippen MR) is 107 cm³/mol. The van der Waals surface area contributed by atoms with Gasteiger partial charge in [-0.3, -0.25) is 5.10 Å². The maximum atomic E-state index is 6.30. The molecule has 1 atom stereocenters. The zero-order chi connectivity index (χ0) is 18.8. The lowest BCUT2D eigenvalue weighted by Crippen LogP contribution is -2.13. The number of benzene rings is 1. The molecule has 1 saturated carbocycles. The van der Waals surface area contributed by atoms with Crippen molar-refractivity contribution in [1.29, 1.82) is 0 Å². The molecule has 27 heavy (non-hydrogen) atoms. The lowest BCUT2D eigenvalue weighted by Gasteiger charge is -2.16. The quantitative estimate of drug-likeness (QED) is 0.552. The van der Waals surface area contributed by atoms with Gasteiger partial charge in [0.15, 0.2) is 5.82 Å². The van der Waals surface area contributed by atoms with E-state index in [-0.39, 0.29) is 6.04 Å². The molecule has 0 spiro atoms. The van der Waals surface area contributed by atoms with Crippen LogP contribution in [0.4, 0.5) is 17.7 Å². The maximum absolute atomic E-state index is 6.30. The molecule has 0 saturated heterocycles. The van der Waals surface area contributed by atoms with E-state index in [1.807, 2.05) is 44.2 Å². The number of halogens is 1. The standard InChI is InChI=1S/C19H22ClN7/c1-3-16-22-18(21-11(2)13-6-4-5-7-14(13)20)25-19(23-16)24-17-10-15(26-27-17)12-8-9-12/h4-7,10-12H,3,8-9H2,1-2H3,(H3,21,22,23,24,25,26,27). The van der Waals surface area contributed by atoms with Crippen LogP contribution in [0.15, 0.2) is 30.3 Å². The minimum absolute atomic E-state index is 0.0366. The molecule has 1 unspecified atom stereocenters. The lowest BCUT2D eigenvalue weighted by molar-refractivity contribution is 0.833. The second-order valence-electron chi connectivity index (χ2n) is 6.75. The third-order valence-electron chi connectivity index (χ3n) is 4.57. The van der Waals surface area contributed by atoms with E-state index in [1.54, 1.807) is 0 Å².